The SMILES string of the molecule is NC1(c2cccc(F)c2)CCC(F)(F)C1. The zero-order valence-corrected chi connectivity index (χ0v) is 8.14. The minimum atomic E-state index is -2.72. The van der Waals surface area contributed by atoms with E-state index in [1.54, 1.807) is 6.07 Å². The molecular formula is C11H12F3N. The predicted molar refractivity (Wildman–Crippen MR) is 51.1 cm³/mol. The second kappa shape index (κ2) is 3.23. The second-order valence-electron chi connectivity index (χ2n) is 4.20. The van der Waals surface area contributed by atoms with Gasteiger partial charge in [-0.25, -0.2) is 13.2 Å². The third-order valence-electron chi connectivity index (χ3n) is 2.91. The summed E-state index contributed by atoms with van der Waals surface area (Å²) in [7, 11) is 0. The summed E-state index contributed by atoms with van der Waals surface area (Å²) in [5, 5.41) is 0. The van der Waals surface area contributed by atoms with E-state index in [9.17, 15) is 13.2 Å². The quantitative estimate of drug-likeness (QED) is 0.765. The summed E-state index contributed by atoms with van der Waals surface area (Å²) < 4.78 is 39.0. The lowest BCUT2D eigenvalue weighted by molar-refractivity contribution is 0.00289. The second-order valence-corrected chi connectivity index (χ2v) is 4.20. The summed E-state index contributed by atoms with van der Waals surface area (Å²) in [5.41, 5.74) is 5.26. The highest BCUT2D eigenvalue weighted by Gasteiger charge is 2.48. The zero-order valence-electron chi connectivity index (χ0n) is 8.14. The fourth-order valence-corrected chi connectivity index (χ4v) is 2.09. The Kier molecular flexibility index (Phi) is 2.26. The highest BCUT2D eigenvalue weighted by molar-refractivity contribution is 5.27. The van der Waals surface area contributed by atoms with E-state index < -0.39 is 23.7 Å². The van der Waals surface area contributed by atoms with Gasteiger partial charge in [0.2, 0.25) is 5.92 Å². The molecule has 0 bridgehead atoms. The molecule has 82 valence electrons. The van der Waals surface area contributed by atoms with Crippen LogP contribution in [0, 0.1) is 5.82 Å². The van der Waals surface area contributed by atoms with Crippen molar-refractivity contribution in [3.63, 3.8) is 0 Å². The maximum Gasteiger partial charge on any atom is 0.250 e. The van der Waals surface area contributed by atoms with E-state index in [2.05, 4.69) is 0 Å². The molecule has 4 heteroatoms. The molecule has 0 radical (unpaired) electrons. The van der Waals surface area contributed by atoms with E-state index >= 15 is 0 Å². The van der Waals surface area contributed by atoms with Crippen molar-refractivity contribution in [2.45, 2.75) is 30.7 Å². The standard InChI is InChI=1S/C11H12F3N/c12-9-3-1-2-8(6-9)10(15)4-5-11(13,14)7-10/h1-3,6H,4-5,7,15H2. The van der Waals surface area contributed by atoms with Gasteiger partial charge in [0.15, 0.2) is 0 Å². The van der Waals surface area contributed by atoms with E-state index in [0.717, 1.165) is 0 Å². The normalized spacial score (nSPS) is 29.3. The summed E-state index contributed by atoms with van der Waals surface area (Å²) in [6, 6.07) is 5.61. The van der Waals surface area contributed by atoms with Crippen molar-refractivity contribution in [2.24, 2.45) is 5.73 Å². The Morgan fingerprint density at radius 2 is 1.93 bits per heavy atom. The maximum absolute atomic E-state index is 13.1. The van der Waals surface area contributed by atoms with Crippen molar-refractivity contribution in [2.75, 3.05) is 0 Å². The third-order valence-corrected chi connectivity index (χ3v) is 2.91. The lowest BCUT2D eigenvalue weighted by Gasteiger charge is -2.24. The van der Waals surface area contributed by atoms with E-state index in [1.807, 2.05) is 0 Å². The van der Waals surface area contributed by atoms with Gasteiger partial charge in [-0.15, -0.1) is 0 Å². The molecule has 1 saturated carbocycles. The summed E-state index contributed by atoms with van der Waals surface area (Å²) in [5.74, 6) is -3.16. The Bertz CT molecular complexity index is 378. The van der Waals surface area contributed by atoms with Crippen molar-refractivity contribution in [3.8, 4) is 0 Å². The third kappa shape index (κ3) is 2.00. The van der Waals surface area contributed by atoms with Gasteiger partial charge in [-0.2, -0.15) is 0 Å². The molecule has 0 saturated heterocycles. The van der Waals surface area contributed by atoms with E-state index in [1.165, 1.54) is 18.2 Å². The number of rotatable bonds is 1. The van der Waals surface area contributed by atoms with Crippen molar-refractivity contribution in [1.29, 1.82) is 0 Å². The number of alkyl halides is 2. The van der Waals surface area contributed by atoms with Crippen LogP contribution in [-0.2, 0) is 5.54 Å². The molecule has 0 heterocycles. The number of hydrogen-bond donors (Lipinski definition) is 1. The van der Waals surface area contributed by atoms with Crippen LogP contribution >= 0.6 is 0 Å². The molecular weight excluding hydrogens is 203 g/mol. The lowest BCUT2D eigenvalue weighted by atomic mass is 9.89. The van der Waals surface area contributed by atoms with Gasteiger partial charge in [-0.05, 0) is 24.1 Å². The average molecular weight is 215 g/mol. The molecule has 1 unspecified atom stereocenters. The van der Waals surface area contributed by atoms with Gasteiger partial charge in [0.1, 0.15) is 5.82 Å². The average Bonchev–Trinajstić information content (AvgIpc) is 2.42. The van der Waals surface area contributed by atoms with Crippen LogP contribution in [0.1, 0.15) is 24.8 Å². The largest absolute Gasteiger partial charge is 0.321 e. The van der Waals surface area contributed by atoms with E-state index in [4.69, 9.17) is 5.73 Å². The van der Waals surface area contributed by atoms with Crippen LogP contribution in [0.15, 0.2) is 24.3 Å². The first-order chi connectivity index (χ1) is 6.91. The molecule has 2 rings (SSSR count). The predicted octanol–water partition coefficient (Wildman–Crippen LogP) is 2.80. The molecule has 0 aromatic heterocycles. The molecule has 2 N–H and O–H groups in total. The number of nitrogens with two attached hydrogens (primary N) is 1. The highest BCUT2D eigenvalue weighted by atomic mass is 19.3. The molecule has 1 aliphatic rings. The van der Waals surface area contributed by atoms with Gasteiger partial charge in [0.05, 0.1) is 0 Å². The summed E-state index contributed by atoms with van der Waals surface area (Å²) in [6.45, 7) is 0. The fraction of sp³-hybridized carbons (Fsp3) is 0.455. The maximum atomic E-state index is 13.1. The first-order valence-corrected chi connectivity index (χ1v) is 4.84. The van der Waals surface area contributed by atoms with Crippen molar-refractivity contribution < 1.29 is 13.2 Å². The van der Waals surface area contributed by atoms with E-state index in [0.29, 0.717) is 5.56 Å². The topological polar surface area (TPSA) is 26.0 Å². The molecule has 1 atom stereocenters. The fourth-order valence-electron chi connectivity index (χ4n) is 2.09. The summed E-state index contributed by atoms with van der Waals surface area (Å²) in [6.07, 6.45) is -0.424. The molecule has 1 aromatic carbocycles. The van der Waals surface area contributed by atoms with Crippen LogP contribution in [0.25, 0.3) is 0 Å². The van der Waals surface area contributed by atoms with Gasteiger partial charge < -0.3 is 5.73 Å². The van der Waals surface area contributed by atoms with Crippen LogP contribution in [-0.4, -0.2) is 5.92 Å². The monoisotopic (exact) mass is 215 g/mol. The summed E-state index contributed by atoms with van der Waals surface area (Å²) >= 11 is 0. The van der Waals surface area contributed by atoms with Gasteiger partial charge >= 0.3 is 0 Å². The van der Waals surface area contributed by atoms with Gasteiger partial charge in [0, 0.05) is 18.4 Å². The summed E-state index contributed by atoms with van der Waals surface area (Å²) in [4.78, 5) is 0. The Balaban J connectivity index is 2.31. The first kappa shape index (κ1) is 10.5. The van der Waals surface area contributed by atoms with Crippen molar-refractivity contribution in [1.82, 2.24) is 0 Å². The van der Waals surface area contributed by atoms with Crippen LogP contribution in [0.3, 0.4) is 0 Å². The highest BCUT2D eigenvalue weighted by Crippen LogP contribution is 2.45. The molecule has 1 aliphatic carbocycles. The number of hydrogen-bond acceptors (Lipinski definition) is 1. The first-order valence-electron chi connectivity index (χ1n) is 4.84. The van der Waals surface area contributed by atoms with Crippen LogP contribution < -0.4 is 5.73 Å². The van der Waals surface area contributed by atoms with Gasteiger partial charge in [-0.3, -0.25) is 0 Å². The van der Waals surface area contributed by atoms with Crippen LogP contribution in [0.4, 0.5) is 13.2 Å². The minimum Gasteiger partial charge on any atom is -0.321 e. The zero-order chi connectivity index (χ0) is 11.1. The molecule has 1 nitrogen and oxygen atoms in total. The lowest BCUT2D eigenvalue weighted by Crippen LogP contribution is -2.35. The molecule has 1 aromatic rings. The Labute approximate surface area is 86.1 Å². The molecule has 1 fully saturated rings. The van der Waals surface area contributed by atoms with E-state index in [-0.39, 0.29) is 12.8 Å². The van der Waals surface area contributed by atoms with Crippen molar-refractivity contribution >= 4 is 0 Å². The molecule has 0 amide bonds. The Morgan fingerprint density at radius 3 is 2.47 bits per heavy atom. The molecule has 0 spiro atoms. The minimum absolute atomic E-state index is 0.198. The smallest absolute Gasteiger partial charge is 0.250 e. The Morgan fingerprint density at radius 1 is 1.20 bits per heavy atom. The van der Waals surface area contributed by atoms with Gasteiger partial charge in [-0.1, -0.05) is 12.1 Å². The van der Waals surface area contributed by atoms with Gasteiger partial charge in [0.25, 0.3) is 0 Å². The number of halogens is 3. The van der Waals surface area contributed by atoms with Crippen LogP contribution in [0.5, 0.6) is 0 Å². The van der Waals surface area contributed by atoms with Crippen molar-refractivity contribution in [3.05, 3.63) is 35.6 Å². The Hall–Kier alpha value is -1.03. The molecule has 15 heavy (non-hydrogen) atoms. The molecule has 0 aliphatic heterocycles. The number of benzene rings is 1. The van der Waals surface area contributed by atoms with Crippen LogP contribution in [0.2, 0.25) is 0 Å².